The fraction of sp³-hybridized carbons (Fsp3) is 0.800. The molecule has 0 saturated carbocycles. The molecule has 6 nitrogen and oxygen atoms in total. The van der Waals surface area contributed by atoms with Gasteiger partial charge in [0.15, 0.2) is 0 Å². The van der Waals surface area contributed by atoms with Gasteiger partial charge in [0, 0.05) is 0 Å². The molecule has 0 aromatic heterocycles. The van der Waals surface area contributed by atoms with Gasteiger partial charge in [-0.3, -0.25) is 9.69 Å². The summed E-state index contributed by atoms with van der Waals surface area (Å²) in [5.74, 6) is 0. The number of hydrogen-bond acceptors (Lipinski definition) is 5. The van der Waals surface area contributed by atoms with E-state index in [2.05, 4.69) is 0 Å². The van der Waals surface area contributed by atoms with Gasteiger partial charge >= 0.3 is 6.09 Å². The normalized spacial score (nSPS) is 21.4. The predicted octanol–water partition coefficient (Wildman–Crippen LogP) is 0.753. The summed E-state index contributed by atoms with van der Waals surface area (Å²) in [5.41, 5.74) is -0.568. The molecule has 0 aliphatic carbocycles. The zero-order valence-electron chi connectivity index (χ0n) is 9.76. The summed E-state index contributed by atoms with van der Waals surface area (Å²) in [6.07, 6.45) is -1.19. The van der Waals surface area contributed by atoms with Crippen molar-refractivity contribution < 1.29 is 23.8 Å². The van der Waals surface area contributed by atoms with E-state index < -0.39 is 17.9 Å². The number of ether oxygens (including phenoxy) is 3. The van der Waals surface area contributed by atoms with Crippen LogP contribution in [0.15, 0.2) is 0 Å². The van der Waals surface area contributed by atoms with Gasteiger partial charge in [-0.25, -0.2) is 4.79 Å². The maximum Gasteiger partial charge on any atom is 0.413 e. The fourth-order valence-electron chi connectivity index (χ4n) is 1.29. The molecule has 1 aliphatic heterocycles. The standard InChI is InChI=1S/C10H17NO5/c1-10(2,3)16-9(13)11-4-5-14-6-8(11)15-7-12/h7-8H,4-6H2,1-3H3/t8-/m1/s1. The van der Waals surface area contributed by atoms with Crippen molar-refractivity contribution in [1.82, 2.24) is 4.90 Å². The number of nitrogens with zero attached hydrogens (tertiary/aromatic N) is 1. The zero-order valence-corrected chi connectivity index (χ0v) is 9.76. The molecule has 0 unspecified atom stereocenters. The van der Waals surface area contributed by atoms with E-state index in [0.29, 0.717) is 19.6 Å². The lowest BCUT2D eigenvalue weighted by atomic mass is 10.2. The quantitative estimate of drug-likeness (QED) is 0.656. The average Bonchev–Trinajstić information content (AvgIpc) is 2.16. The minimum Gasteiger partial charge on any atom is -0.444 e. The van der Waals surface area contributed by atoms with Crippen LogP contribution in [0.3, 0.4) is 0 Å². The second kappa shape index (κ2) is 5.16. The van der Waals surface area contributed by atoms with Gasteiger partial charge in [-0.2, -0.15) is 0 Å². The van der Waals surface area contributed by atoms with Gasteiger partial charge in [-0.1, -0.05) is 0 Å². The third-order valence-electron chi connectivity index (χ3n) is 1.93. The molecule has 0 aromatic rings. The van der Waals surface area contributed by atoms with Crippen LogP contribution in [-0.4, -0.2) is 49.1 Å². The third-order valence-corrected chi connectivity index (χ3v) is 1.93. The molecule has 1 amide bonds. The van der Waals surface area contributed by atoms with E-state index in [1.54, 1.807) is 20.8 Å². The van der Waals surface area contributed by atoms with E-state index in [1.807, 2.05) is 0 Å². The molecule has 1 heterocycles. The van der Waals surface area contributed by atoms with Crippen LogP contribution in [0.1, 0.15) is 20.8 Å². The highest BCUT2D eigenvalue weighted by Crippen LogP contribution is 2.14. The zero-order chi connectivity index (χ0) is 12.2. The van der Waals surface area contributed by atoms with Gasteiger partial charge in [-0.15, -0.1) is 0 Å². The van der Waals surface area contributed by atoms with Crippen molar-refractivity contribution in [3.05, 3.63) is 0 Å². The van der Waals surface area contributed by atoms with Gasteiger partial charge < -0.3 is 14.2 Å². The Bertz CT molecular complexity index is 260. The number of amides is 1. The minimum atomic E-state index is -0.693. The van der Waals surface area contributed by atoms with Crippen LogP contribution in [0.25, 0.3) is 0 Å². The molecule has 0 bridgehead atoms. The molecule has 0 radical (unpaired) electrons. The second-order valence-corrected chi connectivity index (χ2v) is 4.44. The molecule has 16 heavy (non-hydrogen) atoms. The van der Waals surface area contributed by atoms with Crippen LogP contribution in [0, 0.1) is 0 Å². The highest BCUT2D eigenvalue weighted by atomic mass is 16.6. The SMILES string of the molecule is CC(C)(C)OC(=O)N1CCOC[C@H]1OC=O. The maximum absolute atomic E-state index is 11.8. The number of carbonyl (C=O) groups excluding carboxylic acids is 2. The Kier molecular flexibility index (Phi) is 4.12. The molecule has 0 N–H and O–H groups in total. The van der Waals surface area contributed by atoms with Crippen LogP contribution in [0.2, 0.25) is 0 Å². The Hall–Kier alpha value is -1.30. The summed E-state index contributed by atoms with van der Waals surface area (Å²) in [5, 5.41) is 0. The van der Waals surface area contributed by atoms with Gasteiger partial charge in [0.25, 0.3) is 6.47 Å². The lowest BCUT2D eigenvalue weighted by Gasteiger charge is -2.34. The summed E-state index contributed by atoms with van der Waals surface area (Å²) in [6.45, 7) is 6.59. The van der Waals surface area contributed by atoms with Crippen molar-refractivity contribution >= 4 is 12.6 Å². The van der Waals surface area contributed by atoms with Crippen LogP contribution in [0.5, 0.6) is 0 Å². The van der Waals surface area contributed by atoms with Crippen molar-refractivity contribution in [3.8, 4) is 0 Å². The first-order chi connectivity index (χ1) is 7.44. The van der Waals surface area contributed by atoms with Crippen molar-refractivity contribution in [2.45, 2.75) is 32.6 Å². The van der Waals surface area contributed by atoms with E-state index in [-0.39, 0.29) is 6.61 Å². The number of carbonyl (C=O) groups is 2. The van der Waals surface area contributed by atoms with Crippen molar-refractivity contribution in [3.63, 3.8) is 0 Å². The first-order valence-corrected chi connectivity index (χ1v) is 5.10. The number of hydrogen-bond donors (Lipinski definition) is 0. The second-order valence-electron chi connectivity index (χ2n) is 4.44. The lowest BCUT2D eigenvalue weighted by molar-refractivity contribution is -0.158. The summed E-state index contributed by atoms with van der Waals surface area (Å²) in [6, 6.07) is 0. The molecule has 6 heteroatoms. The lowest BCUT2D eigenvalue weighted by Crippen LogP contribution is -2.51. The predicted molar refractivity (Wildman–Crippen MR) is 54.7 cm³/mol. The highest BCUT2D eigenvalue weighted by molar-refractivity contribution is 5.68. The van der Waals surface area contributed by atoms with Gasteiger partial charge in [0.2, 0.25) is 6.23 Å². The highest BCUT2D eigenvalue weighted by Gasteiger charge is 2.31. The van der Waals surface area contributed by atoms with E-state index in [0.717, 1.165) is 0 Å². The van der Waals surface area contributed by atoms with Gasteiger partial charge in [-0.05, 0) is 20.8 Å². The number of morpholine rings is 1. The van der Waals surface area contributed by atoms with E-state index >= 15 is 0 Å². The van der Waals surface area contributed by atoms with E-state index in [1.165, 1.54) is 4.90 Å². The van der Waals surface area contributed by atoms with Crippen molar-refractivity contribution in [2.75, 3.05) is 19.8 Å². The molecule has 0 spiro atoms. The van der Waals surface area contributed by atoms with E-state index in [4.69, 9.17) is 14.2 Å². The minimum absolute atomic E-state index is 0.179. The van der Waals surface area contributed by atoms with Crippen LogP contribution in [0.4, 0.5) is 4.79 Å². The first kappa shape index (κ1) is 12.8. The van der Waals surface area contributed by atoms with Crippen LogP contribution in [-0.2, 0) is 19.0 Å². The molecular formula is C10H17NO5. The molecule has 1 atom stereocenters. The molecule has 0 aromatic carbocycles. The first-order valence-electron chi connectivity index (χ1n) is 5.10. The summed E-state index contributed by atoms with van der Waals surface area (Å²) >= 11 is 0. The summed E-state index contributed by atoms with van der Waals surface area (Å²) in [7, 11) is 0. The topological polar surface area (TPSA) is 65.1 Å². The largest absolute Gasteiger partial charge is 0.444 e. The Morgan fingerprint density at radius 1 is 1.50 bits per heavy atom. The van der Waals surface area contributed by atoms with Gasteiger partial charge in [0.05, 0.1) is 13.2 Å². The number of rotatable bonds is 2. The maximum atomic E-state index is 11.8. The molecule has 1 saturated heterocycles. The Morgan fingerprint density at radius 2 is 2.19 bits per heavy atom. The van der Waals surface area contributed by atoms with Crippen LogP contribution >= 0.6 is 0 Å². The van der Waals surface area contributed by atoms with Crippen molar-refractivity contribution in [1.29, 1.82) is 0 Å². The summed E-state index contributed by atoms with van der Waals surface area (Å²) < 4.78 is 15.1. The Balaban J connectivity index is 2.60. The molecular weight excluding hydrogens is 214 g/mol. The monoisotopic (exact) mass is 231 g/mol. The third kappa shape index (κ3) is 3.69. The Morgan fingerprint density at radius 3 is 2.75 bits per heavy atom. The molecule has 92 valence electrons. The molecule has 1 rings (SSSR count). The van der Waals surface area contributed by atoms with Crippen molar-refractivity contribution in [2.24, 2.45) is 0 Å². The molecule has 1 aliphatic rings. The fourth-order valence-corrected chi connectivity index (χ4v) is 1.29. The van der Waals surface area contributed by atoms with Gasteiger partial charge in [0.1, 0.15) is 12.2 Å². The average molecular weight is 231 g/mol. The molecule has 1 fully saturated rings. The van der Waals surface area contributed by atoms with E-state index in [9.17, 15) is 9.59 Å². The summed E-state index contributed by atoms with van der Waals surface area (Å²) in [4.78, 5) is 23.4. The Labute approximate surface area is 94.4 Å². The van der Waals surface area contributed by atoms with Crippen LogP contribution < -0.4 is 0 Å². The smallest absolute Gasteiger partial charge is 0.413 e.